The number of nitrogens with zero attached hydrogens (tertiary/aromatic N) is 2. The first-order chi connectivity index (χ1) is 8.17. The smallest absolute Gasteiger partial charge is 0.240 e. The number of hydrogen-bond donors (Lipinski definition) is 2. The molecule has 0 bridgehead atoms. The van der Waals surface area contributed by atoms with E-state index >= 15 is 0 Å². The molecule has 0 amide bonds. The monoisotopic (exact) mass is 238 g/mol. The third kappa shape index (κ3) is 3.28. The zero-order chi connectivity index (χ0) is 12.3. The van der Waals surface area contributed by atoms with Gasteiger partial charge in [-0.1, -0.05) is 0 Å². The van der Waals surface area contributed by atoms with Crippen molar-refractivity contribution in [1.29, 1.82) is 0 Å². The van der Waals surface area contributed by atoms with Gasteiger partial charge in [-0.2, -0.15) is 4.98 Å². The summed E-state index contributed by atoms with van der Waals surface area (Å²) in [7, 11) is 0. The Bertz CT molecular complexity index is 364. The Kier molecular flexibility index (Phi) is 3.75. The summed E-state index contributed by atoms with van der Waals surface area (Å²) in [5.74, 6) is 6.14. The van der Waals surface area contributed by atoms with E-state index in [1.54, 1.807) is 12.3 Å². The molecule has 1 aliphatic rings. The Labute approximate surface area is 101 Å². The normalized spacial score (nSPS) is 28.8. The predicted octanol–water partition coefficient (Wildman–Crippen LogP) is 1.10. The zero-order valence-electron chi connectivity index (χ0n) is 10.1. The molecule has 0 radical (unpaired) electrons. The third-order valence-electron chi connectivity index (χ3n) is 2.70. The number of hydrazine groups is 1. The van der Waals surface area contributed by atoms with Gasteiger partial charge >= 0.3 is 0 Å². The molecule has 17 heavy (non-hydrogen) atoms. The molecule has 6 heteroatoms. The molecule has 2 atom stereocenters. The second-order valence-electron chi connectivity index (χ2n) is 4.33. The van der Waals surface area contributed by atoms with E-state index in [0.717, 1.165) is 12.8 Å². The topological polar surface area (TPSA) is 82.3 Å². The van der Waals surface area contributed by atoms with Gasteiger partial charge in [0.05, 0.1) is 12.2 Å². The maximum absolute atomic E-state index is 5.81. The highest BCUT2D eigenvalue weighted by Crippen LogP contribution is 2.23. The summed E-state index contributed by atoms with van der Waals surface area (Å²) in [6.45, 7) is 4.11. The minimum atomic E-state index is 0.134. The quantitative estimate of drug-likeness (QED) is 0.606. The van der Waals surface area contributed by atoms with Crippen molar-refractivity contribution in [1.82, 2.24) is 9.97 Å². The lowest BCUT2D eigenvalue weighted by atomic mass is 10.0. The van der Waals surface area contributed by atoms with Crippen molar-refractivity contribution in [3.05, 3.63) is 12.3 Å². The summed E-state index contributed by atoms with van der Waals surface area (Å²) >= 11 is 0. The van der Waals surface area contributed by atoms with Crippen molar-refractivity contribution in [3.8, 4) is 5.88 Å². The van der Waals surface area contributed by atoms with Crippen molar-refractivity contribution < 1.29 is 9.47 Å². The maximum atomic E-state index is 5.81. The average molecular weight is 238 g/mol. The summed E-state index contributed by atoms with van der Waals surface area (Å²) in [5, 5.41) is 0. The van der Waals surface area contributed by atoms with Gasteiger partial charge in [-0.15, -0.1) is 0 Å². The number of hydrogen-bond acceptors (Lipinski definition) is 6. The van der Waals surface area contributed by atoms with Crippen LogP contribution in [0, 0.1) is 0 Å². The van der Waals surface area contributed by atoms with Crippen LogP contribution in [-0.4, -0.2) is 28.3 Å². The second kappa shape index (κ2) is 5.29. The zero-order valence-corrected chi connectivity index (χ0v) is 10.1. The highest BCUT2D eigenvalue weighted by molar-refractivity contribution is 5.25. The fourth-order valence-electron chi connectivity index (χ4n) is 2.09. The average Bonchev–Trinajstić information content (AvgIpc) is 2.28. The third-order valence-corrected chi connectivity index (χ3v) is 2.70. The van der Waals surface area contributed by atoms with Gasteiger partial charge in [0.25, 0.3) is 0 Å². The van der Waals surface area contributed by atoms with E-state index in [4.69, 9.17) is 15.3 Å². The molecular weight excluding hydrogens is 220 g/mol. The first kappa shape index (κ1) is 12.1. The Morgan fingerprint density at radius 2 is 2.12 bits per heavy atom. The van der Waals surface area contributed by atoms with E-state index < -0.39 is 0 Å². The van der Waals surface area contributed by atoms with Crippen molar-refractivity contribution >= 4 is 5.95 Å². The fourth-order valence-corrected chi connectivity index (χ4v) is 2.09. The number of nitrogen functional groups attached to an aromatic ring is 1. The van der Waals surface area contributed by atoms with Gasteiger partial charge in [-0.3, -0.25) is 5.43 Å². The molecular formula is C11H18N4O2. The molecule has 0 spiro atoms. The number of rotatable bonds is 3. The molecule has 2 unspecified atom stereocenters. The molecule has 0 saturated carbocycles. The molecule has 0 aliphatic carbocycles. The van der Waals surface area contributed by atoms with Crippen LogP contribution in [-0.2, 0) is 4.74 Å². The van der Waals surface area contributed by atoms with Crippen LogP contribution in [0.2, 0.25) is 0 Å². The number of nitrogens with two attached hydrogens (primary N) is 1. The van der Waals surface area contributed by atoms with Gasteiger partial charge in [-0.25, -0.2) is 10.8 Å². The molecule has 2 rings (SSSR count). The lowest BCUT2D eigenvalue weighted by molar-refractivity contribution is -0.0729. The van der Waals surface area contributed by atoms with Crippen molar-refractivity contribution in [2.24, 2.45) is 5.84 Å². The summed E-state index contributed by atoms with van der Waals surface area (Å²) in [6, 6.07) is 1.73. The lowest BCUT2D eigenvalue weighted by Gasteiger charge is -2.31. The SMILES string of the molecule is CC1CC(Oc2ccnc(NN)n2)CC(C)O1. The Morgan fingerprint density at radius 3 is 2.76 bits per heavy atom. The lowest BCUT2D eigenvalue weighted by Crippen LogP contribution is -2.35. The van der Waals surface area contributed by atoms with Crippen LogP contribution < -0.4 is 16.0 Å². The molecule has 3 N–H and O–H groups in total. The Balaban J connectivity index is 1.99. The second-order valence-corrected chi connectivity index (χ2v) is 4.33. The number of anilines is 1. The van der Waals surface area contributed by atoms with Gasteiger partial charge < -0.3 is 9.47 Å². The highest BCUT2D eigenvalue weighted by Gasteiger charge is 2.26. The predicted molar refractivity (Wildman–Crippen MR) is 63.5 cm³/mol. The summed E-state index contributed by atoms with van der Waals surface area (Å²) < 4.78 is 11.5. The molecule has 1 saturated heterocycles. The van der Waals surface area contributed by atoms with Gasteiger partial charge in [-0.05, 0) is 13.8 Å². The van der Waals surface area contributed by atoms with Crippen LogP contribution in [0.5, 0.6) is 5.88 Å². The molecule has 1 fully saturated rings. The van der Waals surface area contributed by atoms with Crippen LogP contribution >= 0.6 is 0 Å². The first-order valence-electron chi connectivity index (χ1n) is 5.79. The number of ether oxygens (including phenoxy) is 2. The largest absolute Gasteiger partial charge is 0.474 e. The van der Waals surface area contributed by atoms with Crippen LogP contribution in [0.25, 0.3) is 0 Å². The molecule has 1 aliphatic heterocycles. The maximum Gasteiger partial charge on any atom is 0.240 e. The van der Waals surface area contributed by atoms with Gasteiger partial charge in [0, 0.05) is 25.1 Å². The minimum Gasteiger partial charge on any atom is -0.474 e. The van der Waals surface area contributed by atoms with E-state index in [-0.39, 0.29) is 18.3 Å². The van der Waals surface area contributed by atoms with E-state index in [0.29, 0.717) is 11.8 Å². The van der Waals surface area contributed by atoms with Crippen LogP contribution in [0.3, 0.4) is 0 Å². The molecule has 94 valence electrons. The van der Waals surface area contributed by atoms with Gasteiger partial charge in [0.2, 0.25) is 11.8 Å². The number of aromatic nitrogens is 2. The Hall–Kier alpha value is -1.40. The van der Waals surface area contributed by atoms with Crippen molar-refractivity contribution in [2.45, 2.75) is 45.0 Å². The van der Waals surface area contributed by atoms with E-state index in [9.17, 15) is 0 Å². The molecule has 2 heterocycles. The van der Waals surface area contributed by atoms with Gasteiger partial charge in [0.15, 0.2) is 0 Å². The first-order valence-corrected chi connectivity index (χ1v) is 5.79. The van der Waals surface area contributed by atoms with E-state index in [2.05, 4.69) is 29.2 Å². The fraction of sp³-hybridized carbons (Fsp3) is 0.636. The van der Waals surface area contributed by atoms with Crippen molar-refractivity contribution in [3.63, 3.8) is 0 Å². The minimum absolute atomic E-state index is 0.134. The van der Waals surface area contributed by atoms with Crippen LogP contribution in [0.1, 0.15) is 26.7 Å². The van der Waals surface area contributed by atoms with Crippen LogP contribution in [0.4, 0.5) is 5.95 Å². The highest BCUT2D eigenvalue weighted by atomic mass is 16.5. The van der Waals surface area contributed by atoms with Crippen molar-refractivity contribution in [2.75, 3.05) is 5.43 Å². The molecule has 1 aromatic rings. The van der Waals surface area contributed by atoms with E-state index in [1.807, 2.05) is 0 Å². The summed E-state index contributed by atoms with van der Waals surface area (Å²) in [4.78, 5) is 8.05. The Morgan fingerprint density at radius 1 is 1.41 bits per heavy atom. The standard InChI is InChI=1S/C11H18N4O2/c1-7-5-9(6-8(2)16-7)17-10-3-4-13-11(14-10)15-12/h3-4,7-9H,5-6,12H2,1-2H3,(H,13,14,15). The number of nitrogens with one attached hydrogen (secondary N) is 1. The van der Waals surface area contributed by atoms with Crippen LogP contribution in [0.15, 0.2) is 12.3 Å². The summed E-state index contributed by atoms with van der Waals surface area (Å²) in [5.41, 5.74) is 2.40. The molecule has 6 nitrogen and oxygen atoms in total. The molecule has 0 aromatic carbocycles. The van der Waals surface area contributed by atoms with E-state index in [1.165, 1.54) is 0 Å². The summed E-state index contributed by atoms with van der Waals surface area (Å²) in [6.07, 6.45) is 3.94. The van der Waals surface area contributed by atoms with Gasteiger partial charge in [0.1, 0.15) is 6.10 Å². The molecule has 1 aromatic heterocycles.